The maximum Gasteiger partial charge on any atom is 0.250 e. The number of allylic oxidation sites excluding steroid dienone is 1. The van der Waals surface area contributed by atoms with Crippen LogP contribution in [0, 0.1) is 0 Å². The first-order valence-corrected chi connectivity index (χ1v) is 7.53. The number of likely N-dealkylation sites (tertiary alicyclic amines) is 1. The van der Waals surface area contributed by atoms with Crippen molar-refractivity contribution < 1.29 is 9.59 Å². The van der Waals surface area contributed by atoms with Gasteiger partial charge in [0.15, 0.2) is 0 Å². The van der Waals surface area contributed by atoms with Crippen LogP contribution in [0.5, 0.6) is 0 Å². The van der Waals surface area contributed by atoms with Crippen molar-refractivity contribution in [2.45, 2.75) is 25.1 Å². The van der Waals surface area contributed by atoms with Crippen LogP contribution in [-0.4, -0.2) is 35.1 Å². The van der Waals surface area contributed by atoms with E-state index in [1.54, 1.807) is 33.5 Å². The van der Waals surface area contributed by atoms with Crippen LogP contribution in [0.3, 0.4) is 0 Å². The third-order valence-corrected chi connectivity index (χ3v) is 5.04. The lowest BCUT2D eigenvalue weighted by Crippen LogP contribution is -2.43. The number of nitrogens with zero attached hydrogens (tertiary/aromatic N) is 1. The monoisotopic (exact) mass is 270 g/mol. The molecule has 0 aromatic carbocycles. The van der Waals surface area contributed by atoms with Gasteiger partial charge in [0.05, 0.1) is 5.25 Å². The molecule has 2 atom stereocenters. The average molecular weight is 270 g/mol. The van der Waals surface area contributed by atoms with E-state index in [0.29, 0.717) is 0 Å². The highest BCUT2D eigenvalue weighted by Gasteiger charge is 2.46. The summed E-state index contributed by atoms with van der Waals surface area (Å²) in [7, 11) is 4.98. The van der Waals surface area contributed by atoms with Gasteiger partial charge in [-0.25, -0.2) is 0 Å². The molecule has 0 aromatic heterocycles. The zero-order valence-corrected chi connectivity index (χ0v) is 11.5. The predicted octanol–water partition coefficient (Wildman–Crippen LogP) is 1.51. The summed E-state index contributed by atoms with van der Waals surface area (Å²) in [6.45, 7) is 3.71. The molecule has 0 radical (unpaired) electrons. The van der Waals surface area contributed by atoms with Gasteiger partial charge in [-0.3, -0.25) is 9.59 Å². The van der Waals surface area contributed by atoms with E-state index in [1.807, 2.05) is 19.3 Å². The maximum atomic E-state index is 12.0. The molecule has 0 spiro atoms. The molecule has 6 heteroatoms. The Hall–Kier alpha value is -0.880. The number of carbonyl (C=O) groups is 2. The third-order valence-electron chi connectivity index (χ3n) is 2.62. The summed E-state index contributed by atoms with van der Waals surface area (Å²) in [5.41, 5.74) is 1.91. The average Bonchev–Trinajstić information content (AvgIpc) is 2.77. The van der Waals surface area contributed by atoms with Crippen LogP contribution in [0.1, 0.15) is 13.8 Å². The van der Waals surface area contributed by atoms with Crippen molar-refractivity contribution in [1.82, 2.24) is 10.2 Å². The second kappa shape index (κ2) is 4.78. The van der Waals surface area contributed by atoms with E-state index in [-0.39, 0.29) is 17.1 Å². The number of nitrogens with one attached hydrogen (secondary N) is 1. The van der Waals surface area contributed by atoms with Crippen LogP contribution >= 0.6 is 21.6 Å². The normalized spacial score (nSPS) is 26.6. The van der Waals surface area contributed by atoms with Crippen LogP contribution in [0.15, 0.2) is 22.8 Å². The smallest absolute Gasteiger partial charge is 0.250 e. The fraction of sp³-hybridized carbons (Fsp3) is 0.455. The lowest BCUT2D eigenvalue weighted by atomic mass is 10.2. The van der Waals surface area contributed by atoms with Crippen LogP contribution in [0.4, 0.5) is 0 Å². The Bertz CT molecular complexity index is 427. The molecule has 17 heavy (non-hydrogen) atoms. The summed E-state index contributed by atoms with van der Waals surface area (Å²) in [6, 6.07) is -0.436. The largest absolute Gasteiger partial charge is 0.339 e. The van der Waals surface area contributed by atoms with Crippen molar-refractivity contribution in [1.29, 1.82) is 0 Å². The Morgan fingerprint density at radius 3 is 2.88 bits per heavy atom. The molecule has 2 heterocycles. The highest BCUT2D eigenvalue weighted by Crippen LogP contribution is 2.46. The van der Waals surface area contributed by atoms with Crippen molar-refractivity contribution >= 4 is 33.4 Å². The quantitative estimate of drug-likeness (QED) is 0.610. The fourth-order valence-corrected chi connectivity index (χ4v) is 4.55. The van der Waals surface area contributed by atoms with E-state index in [0.717, 1.165) is 11.3 Å². The minimum atomic E-state index is -0.436. The summed E-state index contributed by atoms with van der Waals surface area (Å²) in [5, 5.41) is 4.80. The molecule has 1 saturated heterocycles. The molecule has 2 aliphatic rings. The molecule has 1 fully saturated rings. The topological polar surface area (TPSA) is 49.4 Å². The molecule has 0 aliphatic carbocycles. The van der Waals surface area contributed by atoms with E-state index in [2.05, 4.69) is 5.32 Å². The lowest BCUT2D eigenvalue weighted by Gasteiger charge is -2.13. The summed E-state index contributed by atoms with van der Waals surface area (Å²) < 4.78 is 0. The molecular formula is C11H14N2O2S2. The minimum absolute atomic E-state index is 0.0374. The number of rotatable bonds is 2. The molecule has 1 N–H and O–H groups in total. The van der Waals surface area contributed by atoms with Gasteiger partial charge in [-0.15, -0.1) is 0 Å². The number of fused-ring (bicyclic) bond motifs is 1. The van der Waals surface area contributed by atoms with Gasteiger partial charge in [0.2, 0.25) is 5.91 Å². The van der Waals surface area contributed by atoms with Crippen molar-refractivity contribution in [2.75, 3.05) is 7.05 Å². The Labute approximate surface area is 108 Å². The number of carbonyl (C=O) groups excluding carboxylic acids is 2. The van der Waals surface area contributed by atoms with Crippen LogP contribution < -0.4 is 5.32 Å². The Balaban J connectivity index is 2.12. The zero-order chi connectivity index (χ0) is 12.6. The molecular weight excluding hydrogens is 256 g/mol. The second-order valence-electron chi connectivity index (χ2n) is 4.26. The predicted molar refractivity (Wildman–Crippen MR) is 71.2 cm³/mol. The van der Waals surface area contributed by atoms with Crippen molar-refractivity contribution in [3.05, 3.63) is 22.8 Å². The molecule has 4 nitrogen and oxygen atoms in total. The van der Waals surface area contributed by atoms with Crippen molar-refractivity contribution in [2.24, 2.45) is 0 Å². The third kappa shape index (κ3) is 2.37. The van der Waals surface area contributed by atoms with Gasteiger partial charge >= 0.3 is 0 Å². The Morgan fingerprint density at radius 2 is 2.24 bits per heavy atom. The Morgan fingerprint density at radius 1 is 1.53 bits per heavy atom. The summed E-state index contributed by atoms with van der Waals surface area (Å²) in [5.74, 6) is -0.236. The van der Waals surface area contributed by atoms with Gasteiger partial charge in [-0.2, -0.15) is 0 Å². The summed E-state index contributed by atoms with van der Waals surface area (Å²) >= 11 is 0. The maximum absolute atomic E-state index is 12.0. The van der Waals surface area contributed by atoms with Gasteiger partial charge in [-0.05, 0) is 13.8 Å². The number of hydrogen-bond donors (Lipinski definition) is 1. The molecule has 2 amide bonds. The van der Waals surface area contributed by atoms with Crippen molar-refractivity contribution in [3.63, 3.8) is 0 Å². The zero-order valence-electron chi connectivity index (χ0n) is 9.89. The highest BCUT2D eigenvalue weighted by molar-refractivity contribution is 8.78. The fourth-order valence-electron chi connectivity index (χ4n) is 1.81. The van der Waals surface area contributed by atoms with E-state index < -0.39 is 6.04 Å². The molecule has 2 aliphatic heterocycles. The first kappa shape index (κ1) is 12.6. The number of likely N-dealkylation sites (N-methyl/N-ethyl adjacent to an activating group) is 1. The van der Waals surface area contributed by atoms with Crippen molar-refractivity contribution in [3.8, 4) is 0 Å². The molecule has 0 bridgehead atoms. The lowest BCUT2D eigenvalue weighted by molar-refractivity contribution is -0.130. The minimum Gasteiger partial charge on any atom is -0.339 e. The van der Waals surface area contributed by atoms with Crippen LogP contribution in [0.2, 0.25) is 0 Å². The van der Waals surface area contributed by atoms with E-state index in [1.165, 1.54) is 6.08 Å². The van der Waals surface area contributed by atoms with Crippen LogP contribution in [0.25, 0.3) is 0 Å². The molecule has 0 aromatic rings. The number of amides is 2. The first-order valence-electron chi connectivity index (χ1n) is 5.26. The molecule has 2 rings (SSSR count). The first-order chi connectivity index (χ1) is 8.00. The standard InChI is InChI=1S/C11H14N2O2S2/c1-6(2)4-8(14)12-9-10-7(5-16-17-10)13(3)11(9)15/h4-5,9-10H,1-3H3,(H,12,14). The van der Waals surface area contributed by atoms with E-state index in [4.69, 9.17) is 0 Å². The molecule has 2 unspecified atom stereocenters. The van der Waals surface area contributed by atoms with Crippen LogP contribution in [-0.2, 0) is 9.59 Å². The molecule has 92 valence electrons. The molecule has 0 saturated carbocycles. The van der Waals surface area contributed by atoms with Gasteiger partial charge in [-0.1, -0.05) is 27.2 Å². The van der Waals surface area contributed by atoms with Gasteiger partial charge < -0.3 is 10.2 Å². The Kier molecular flexibility index (Phi) is 3.53. The number of hydrogen-bond acceptors (Lipinski definition) is 4. The summed E-state index contributed by atoms with van der Waals surface area (Å²) in [6.07, 6.45) is 1.52. The van der Waals surface area contributed by atoms with E-state index >= 15 is 0 Å². The SMILES string of the molecule is CC(C)=CC(=O)NC1C(=O)N(C)C2=CSSC21. The van der Waals surface area contributed by atoms with Gasteiger partial charge in [0, 0.05) is 24.2 Å². The highest BCUT2D eigenvalue weighted by atomic mass is 33.1. The van der Waals surface area contributed by atoms with Gasteiger partial charge in [0.25, 0.3) is 5.91 Å². The second-order valence-corrected chi connectivity index (χ2v) is 6.54. The van der Waals surface area contributed by atoms with Gasteiger partial charge in [0.1, 0.15) is 6.04 Å². The summed E-state index contributed by atoms with van der Waals surface area (Å²) in [4.78, 5) is 25.3. The van der Waals surface area contributed by atoms with E-state index in [9.17, 15) is 9.59 Å².